The molecule has 116 valence electrons. The second kappa shape index (κ2) is 9.17. The number of rotatable bonds is 4. The molecule has 0 aromatic rings. The summed E-state index contributed by atoms with van der Waals surface area (Å²) in [6.07, 6.45) is -4.51. The zero-order valence-electron chi connectivity index (χ0n) is 12.0. The van der Waals surface area contributed by atoms with Crippen LogP contribution in [0.5, 0.6) is 0 Å². The first-order chi connectivity index (χ1) is 8.86. The van der Waals surface area contributed by atoms with Gasteiger partial charge in [-0.25, -0.2) is 9.59 Å². The average Bonchev–Trinajstić information content (AvgIpc) is 2.24. The van der Waals surface area contributed by atoms with Crippen LogP contribution in [0.2, 0.25) is 0 Å². The van der Waals surface area contributed by atoms with Gasteiger partial charge in [0.15, 0.2) is 6.61 Å². The van der Waals surface area contributed by atoms with Gasteiger partial charge in [-0.15, -0.1) is 0 Å². The molecule has 0 rings (SSSR count). The fourth-order valence-electron chi connectivity index (χ4n) is 0.585. The van der Waals surface area contributed by atoms with Crippen LogP contribution in [0.3, 0.4) is 0 Å². The molecule has 0 unspecified atom stereocenters. The fraction of sp³-hybridized carbons (Fsp3) is 0.538. The predicted molar refractivity (Wildman–Crippen MR) is 67.9 cm³/mol. The molecule has 0 aliphatic carbocycles. The zero-order chi connectivity index (χ0) is 16.5. The number of hydrogen-bond acceptors (Lipinski definition) is 4. The van der Waals surface area contributed by atoms with E-state index in [0.717, 1.165) is 0 Å². The van der Waals surface area contributed by atoms with E-state index in [0.29, 0.717) is 5.57 Å². The Morgan fingerprint density at radius 1 is 1.05 bits per heavy atom. The first-order valence-electron chi connectivity index (χ1n) is 5.62. The fourth-order valence-corrected chi connectivity index (χ4v) is 0.585. The Balaban J connectivity index is 0. The molecule has 0 saturated carbocycles. The van der Waals surface area contributed by atoms with E-state index in [2.05, 4.69) is 17.9 Å². The summed E-state index contributed by atoms with van der Waals surface area (Å²) in [5.41, 5.74) is 0.401. The highest BCUT2D eigenvalue weighted by Gasteiger charge is 2.29. The lowest BCUT2D eigenvalue weighted by atomic mass is 10.3. The van der Waals surface area contributed by atoms with Crippen molar-refractivity contribution in [1.82, 2.24) is 0 Å². The Hall–Kier alpha value is -1.79. The minimum atomic E-state index is -4.47. The van der Waals surface area contributed by atoms with Crippen molar-refractivity contribution in [3.63, 3.8) is 0 Å². The average molecular weight is 296 g/mol. The van der Waals surface area contributed by atoms with E-state index >= 15 is 0 Å². The van der Waals surface area contributed by atoms with Crippen LogP contribution in [0.1, 0.15) is 27.7 Å². The summed E-state index contributed by atoms with van der Waals surface area (Å²) in [5, 5.41) is 0. The third-order valence-electron chi connectivity index (χ3n) is 1.41. The van der Waals surface area contributed by atoms with Crippen molar-refractivity contribution in [1.29, 1.82) is 0 Å². The van der Waals surface area contributed by atoms with E-state index in [-0.39, 0.29) is 17.6 Å². The first-order valence-corrected chi connectivity index (χ1v) is 5.62. The standard InChI is InChI=1S/C7H12O2.C6H7F3O2/c1-5(2)7(8)9-6(3)4;1-4(2)5(10)11-3-6(7,8)9/h6H,1H2,2-4H3;1,3H2,2H3. The van der Waals surface area contributed by atoms with Crippen molar-refractivity contribution >= 4 is 11.9 Å². The molecule has 0 N–H and O–H groups in total. The van der Waals surface area contributed by atoms with Gasteiger partial charge in [0.05, 0.1) is 6.10 Å². The maximum absolute atomic E-state index is 11.4. The van der Waals surface area contributed by atoms with Crippen LogP contribution in [-0.4, -0.2) is 30.8 Å². The minimum absolute atomic E-state index is 0.0470. The quantitative estimate of drug-likeness (QED) is 0.590. The maximum atomic E-state index is 11.4. The molecule has 0 atom stereocenters. The number of alkyl halides is 3. The normalized spacial score (nSPS) is 10.2. The molecule has 0 saturated heterocycles. The lowest BCUT2D eigenvalue weighted by Gasteiger charge is -2.06. The molecule has 0 radical (unpaired) electrons. The van der Waals surface area contributed by atoms with Gasteiger partial charge in [0.25, 0.3) is 0 Å². The molecular formula is C13H19F3O4. The van der Waals surface area contributed by atoms with Crippen LogP contribution in [-0.2, 0) is 19.1 Å². The van der Waals surface area contributed by atoms with Gasteiger partial charge < -0.3 is 9.47 Å². The summed E-state index contributed by atoms with van der Waals surface area (Å²) in [5.74, 6) is -1.34. The Kier molecular flexibility index (Phi) is 9.41. The van der Waals surface area contributed by atoms with Gasteiger partial charge in [-0.2, -0.15) is 13.2 Å². The molecule has 0 aliphatic rings. The minimum Gasteiger partial charge on any atom is -0.460 e. The summed E-state index contributed by atoms with van der Waals surface area (Å²) in [7, 11) is 0. The highest BCUT2D eigenvalue weighted by molar-refractivity contribution is 5.87. The molecule has 0 aliphatic heterocycles. The SMILES string of the molecule is C=C(C)C(=O)OC(C)C.C=C(C)C(=O)OCC(F)(F)F. The molecule has 0 bridgehead atoms. The highest BCUT2D eigenvalue weighted by atomic mass is 19.4. The summed E-state index contributed by atoms with van der Waals surface area (Å²) >= 11 is 0. The Labute approximate surface area is 116 Å². The molecule has 20 heavy (non-hydrogen) atoms. The van der Waals surface area contributed by atoms with Crippen molar-refractivity contribution < 1.29 is 32.2 Å². The van der Waals surface area contributed by atoms with Crippen molar-refractivity contribution in [2.45, 2.75) is 40.0 Å². The van der Waals surface area contributed by atoms with Crippen LogP contribution in [0.25, 0.3) is 0 Å². The number of carbonyl (C=O) groups is 2. The maximum Gasteiger partial charge on any atom is 0.422 e. The predicted octanol–water partition coefficient (Wildman–Crippen LogP) is 3.18. The van der Waals surface area contributed by atoms with Gasteiger partial charge in [-0.3, -0.25) is 0 Å². The van der Waals surface area contributed by atoms with Gasteiger partial charge in [0.1, 0.15) is 0 Å². The molecule has 0 heterocycles. The number of esters is 2. The van der Waals surface area contributed by atoms with Gasteiger partial charge in [0, 0.05) is 11.1 Å². The summed E-state index contributed by atoms with van der Waals surface area (Å²) in [6, 6.07) is 0. The smallest absolute Gasteiger partial charge is 0.422 e. The van der Waals surface area contributed by atoms with Crippen molar-refractivity contribution in [3.8, 4) is 0 Å². The number of carbonyl (C=O) groups excluding carboxylic acids is 2. The van der Waals surface area contributed by atoms with Crippen LogP contribution in [0.4, 0.5) is 13.2 Å². The summed E-state index contributed by atoms with van der Waals surface area (Å²) in [6.45, 7) is 11.5. The molecule has 0 fully saturated rings. The summed E-state index contributed by atoms with van der Waals surface area (Å²) < 4.78 is 42.7. The van der Waals surface area contributed by atoms with E-state index in [1.807, 2.05) is 0 Å². The van der Waals surface area contributed by atoms with Crippen LogP contribution in [0, 0.1) is 0 Å². The molecule has 4 nitrogen and oxygen atoms in total. The van der Waals surface area contributed by atoms with E-state index in [9.17, 15) is 22.8 Å². The van der Waals surface area contributed by atoms with Gasteiger partial charge in [-0.1, -0.05) is 13.2 Å². The highest BCUT2D eigenvalue weighted by Crippen LogP contribution is 2.14. The van der Waals surface area contributed by atoms with Crippen LogP contribution in [0.15, 0.2) is 24.3 Å². The van der Waals surface area contributed by atoms with E-state index < -0.39 is 18.8 Å². The lowest BCUT2D eigenvalue weighted by molar-refractivity contribution is -0.183. The topological polar surface area (TPSA) is 52.6 Å². The monoisotopic (exact) mass is 296 g/mol. The second-order valence-electron chi connectivity index (χ2n) is 4.21. The number of hydrogen-bond donors (Lipinski definition) is 0. The largest absolute Gasteiger partial charge is 0.460 e. The molecule has 0 amide bonds. The number of halogens is 3. The third kappa shape index (κ3) is 14.3. The van der Waals surface area contributed by atoms with E-state index in [1.54, 1.807) is 20.8 Å². The lowest BCUT2D eigenvalue weighted by Crippen LogP contribution is -2.20. The van der Waals surface area contributed by atoms with Crippen molar-refractivity contribution in [2.24, 2.45) is 0 Å². The second-order valence-corrected chi connectivity index (χ2v) is 4.21. The van der Waals surface area contributed by atoms with Crippen molar-refractivity contribution in [3.05, 3.63) is 24.3 Å². The van der Waals surface area contributed by atoms with E-state index in [4.69, 9.17) is 4.74 Å². The molecule has 0 spiro atoms. The molecule has 7 heteroatoms. The first kappa shape index (κ1) is 20.5. The molecular weight excluding hydrogens is 277 g/mol. The molecule has 0 aromatic carbocycles. The molecule has 0 aromatic heterocycles. The Morgan fingerprint density at radius 3 is 1.65 bits per heavy atom. The zero-order valence-corrected chi connectivity index (χ0v) is 12.0. The van der Waals surface area contributed by atoms with Gasteiger partial charge >= 0.3 is 18.1 Å². The number of ether oxygens (including phenoxy) is 2. The Bertz CT molecular complexity index is 370. The van der Waals surface area contributed by atoms with Crippen LogP contribution < -0.4 is 0 Å². The Morgan fingerprint density at radius 2 is 1.45 bits per heavy atom. The summed E-state index contributed by atoms with van der Waals surface area (Å²) in [4.78, 5) is 21.0. The third-order valence-corrected chi connectivity index (χ3v) is 1.41. The van der Waals surface area contributed by atoms with Crippen LogP contribution >= 0.6 is 0 Å². The van der Waals surface area contributed by atoms with Gasteiger partial charge in [-0.05, 0) is 27.7 Å². The van der Waals surface area contributed by atoms with Crippen molar-refractivity contribution in [2.75, 3.05) is 6.61 Å². The van der Waals surface area contributed by atoms with Gasteiger partial charge in [0.2, 0.25) is 0 Å². The van der Waals surface area contributed by atoms with E-state index in [1.165, 1.54) is 6.92 Å².